The molecule has 0 saturated heterocycles. The van der Waals surface area contributed by atoms with Gasteiger partial charge in [-0.2, -0.15) is 0 Å². The van der Waals surface area contributed by atoms with Gasteiger partial charge in [-0.3, -0.25) is 4.79 Å². The fourth-order valence-corrected chi connectivity index (χ4v) is 3.21. The summed E-state index contributed by atoms with van der Waals surface area (Å²) < 4.78 is 10.8. The van der Waals surface area contributed by atoms with Gasteiger partial charge in [0.25, 0.3) is 0 Å². The third kappa shape index (κ3) is 10.8. The molecule has 0 aromatic heterocycles. The predicted molar refractivity (Wildman–Crippen MR) is 119 cm³/mol. The zero-order valence-corrected chi connectivity index (χ0v) is 18.9. The standard InChI is InChI=1S/C25H40O5/c1-3-5-6-7-8-9-10-11-15-18-23(27)29-20-25(4-2,19-26)21-30-24(28)22-16-13-12-14-17-22/h12-14,16-17,26H,3-11,15,18-21H2,1-2H3. The molecule has 1 unspecified atom stereocenters. The Morgan fingerprint density at radius 1 is 0.833 bits per heavy atom. The molecule has 1 aromatic carbocycles. The van der Waals surface area contributed by atoms with Crippen molar-refractivity contribution >= 4 is 11.9 Å². The lowest BCUT2D eigenvalue weighted by atomic mass is 9.88. The Labute approximate surface area is 182 Å². The van der Waals surface area contributed by atoms with Gasteiger partial charge in [0, 0.05) is 6.42 Å². The van der Waals surface area contributed by atoms with Crippen LogP contribution in [0.1, 0.15) is 94.8 Å². The van der Waals surface area contributed by atoms with E-state index in [4.69, 9.17) is 9.47 Å². The number of aliphatic hydroxyl groups is 1. The van der Waals surface area contributed by atoms with Gasteiger partial charge in [-0.25, -0.2) is 4.79 Å². The molecule has 0 aliphatic carbocycles. The van der Waals surface area contributed by atoms with Crippen molar-refractivity contribution in [2.75, 3.05) is 19.8 Å². The molecular weight excluding hydrogens is 380 g/mol. The zero-order valence-electron chi connectivity index (χ0n) is 18.9. The molecule has 5 heteroatoms. The van der Waals surface area contributed by atoms with Gasteiger partial charge in [-0.1, -0.05) is 83.4 Å². The number of esters is 2. The molecule has 0 radical (unpaired) electrons. The summed E-state index contributed by atoms with van der Waals surface area (Å²) in [5, 5.41) is 9.84. The molecule has 1 rings (SSSR count). The summed E-state index contributed by atoms with van der Waals surface area (Å²) in [6.07, 6.45) is 11.7. The number of hydrogen-bond donors (Lipinski definition) is 1. The molecule has 1 N–H and O–H groups in total. The summed E-state index contributed by atoms with van der Waals surface area (Å²) in [5.74, 6) is -0.693. The van der Waals surface area contributed by atoms with E-state index >= 15 is 0 Å². The Morgan fingerprint density at radius 3 is 1.97 bits per heavy atom. The Morgan fingerprint density at radius 2 is 1.40 bits per heavy atom. The van der Waals surface area contributed by atoms with Gasteiger partial charge in [0.2, 0.25) is 0 Å². The van der Waals surface area contributed by atoms with Crippen LogP contribution < -0.4 is 0 Å². The number of hydrogen-bond acceptors (Lipinski definition) is 5. The second kappa shape index (κ2) is 15.9. The van der Waals surface area contributed by atoms with Crippen LogP contribution in [0.5, 0.6) is 0 Å². The topological polar surface area (TPSA) is 72.8 Å². The molecule has 1 aromatic rings. The third-order valence-corrected chi connectivity index (χ3v) is 5.63. The number of aliphatic hydroxyl groups excluding tert-OH is 1. The van der Waals surface area contributed by atoms with E-state index < -0.39 is 11.4 Å². The van der Waals surface area contributed by atoms with E-state index in [0.717, 1.165) is 19.3 Å². The number of rotatable bonds is 17. The summed E-state index contributed by atoms with van der Waals surface area (Å²) in [6, 6.07) is 8.72. The van der Waals surface area contributed by atoms with E-state index in [1.54, 1.807) is 24.3 Å². The predicted octanol–water partition coefficient (Wildman–Crippen LogP) is 5.70. The van der Waals surface area contributed by atoms with Crippen LogP contribution in [-0.4, -0.2) is 36.9 Å². The molecule has 0 bridgehead atoms. The SMILES string of the molecule is CCCCCCCCCCCC(=O)OCC(CC)(CO)COC(=O)c1ccccc1. The molecule has 5 nitrogen and oxygen atoms in total. The average molecular weight is 421 g/mol. The van der Waals surface area contributed by atoms with Gasteiger partial charge in [0.15, 0.2) is 0 Å². The van der Waals surface area contributed by atoms with Crippen LogP contribution in [0.2, 0.25) is 0 Å². The minimum Gasteiger partial charge on any atom is -0.465 e. The lowest BCUT2D eigenvalue weighted by Gasteiger charge is -2.29. The van der Waals surface area contributed by atoms with Gasteiger partial charge < -0.3 is 14.6 Å². The maximum Gasteiger partial charge on any atom is 0.338 e. The highest BCUT2D eigenvalue weighted by atomic mass is 16.5. The molecule has 0 spiro atoms. The maximum absolute atomic E-state index is 12.2. The molecule has 0 amide bonds. The normalized spacial score (nSPS) is 12.9. The fraction of sp³-hybridized carbons (Fsp3) is 0.680. The van der Waals surface area contributed by atoms with Crippen LogP contribution in [0.3, 0.4) is 0 Å². The van der Waals surface area contributed by atoms with E-state index in [2.05, 4.69) is 6.92 Å². The highest BCUT2D eigenvalue weighted by Gasteiger charge is 2.31. The highest BCUT2D eigenvalue weighted by molar-refractivity contribution is 5.89. The van der Waals surface area contributed by atoms with Gasteiger partial charge in [0.05, 0.1) is 17.6 Å². The van der Waals surface area contributed by atoms with Crippen LogP contribution >= 0.6 is 0 Å². The van der Waals surface area contributed by atoms with Crippen LogP contribution in [0.4, 0.5) is 0 Å². The average Bonchev–Trinajstić information content (AvgIpc) is 2.79. The Balaban J connectivity index is 2.25. The van der Waals surface area contributed by atoms with Gasteiger partial charge in [-0.05, 0) is 25.0 Å². The van der Waals surface area contributed by atoms with E-state index in [-0.39, 0.29) is 25.8 Å². The minimum absolute atomic E-state index is 0.0129. The summed E-state index contributed by atoms with van der Waals surface area (Å²) in [5.41, 5.74) is -0.304. The smallest absolute Gasteiger partial charge is 0.338 e. The first-order valence-corrected chi connectivity index (χ1v) is 11.6. The second-order valence-corrected chi connectivity index (χ2v) is 8.19. The molecular formula is C25H40O5. The summed E-state index contributed by atoms with van der Waals surface area (Å²) >= 11 is 0. The van der Waals surface area contributed by atoms with E-state index in [0.29, 0.717) is 18.4 Å². The third-order valence-electron chi connectivity index (χ3n) is 5.63. The van der Waals surface area contributed by atoms with Gasteiger partial charge in [0.1, 0.15) is 13.2 Å². The quantitative estimate of drug-likeness (QED) is 0.259. The highest BCUT2D eigenvalue weighted by Crippen LogP contribution is 2.23. The van der Waals surface area contributed by atoms with E-state index in [1.807, 2.05) is 13.0 Å². The molecule has 0 fully saturated rings. The second-order valence-electron chi connectivity index (χ2n) is 8.19. The molecule has 0 heterocycles. The molecule has 0 saturated carbocycles. The van der Waals surface area contributed by atoms with Crippen LogP contribution in [0, 0.1) is 5.41 Å². The Kier molecular flexibility index (Phi) is 13.9. The van der Waals surface area contributed by atoms with Gasteiger partial charge >= 0.3 is 11.9 Å². The first-order valence-electron chi connectivity index (χ1n) is 11.6. The monoisotopic (exact) mass is 420 g/mol. The number of carbonyl (C=O) groups is 2. The van der Waals surface area contributed by atoms with Crippen molar-refractivity contribution in [2.45, 2.75) is 84.5 Å². The maximum atomic E-state index is 12.2. The van der Waals surface area contributed by atoms with Crippen LogP contribution in [0.15, 0.2) is 30.3 Å². The summed E-state index contributed by atoms with van der Waals surface area (Å²) in [6.45, 7) is 3.97. The fourth-order valence-electron chi connectivity index (χ4n) is 3.21. The van der Waals surface area contributed by atoms with Crippen molar-refractivity contribution in [2.24, 2.45) is 5.41 Å². The van der Waals surface area contributed by atoms with Gasteiger partial charge in [-0.15, -0.1) is 0 Å². The summed E-state index contributed by atoms with van der Waals surface area (Å²) in [4.78, 5) is 24.2. The number of ether oxygens (including phenoxy) is 2. The molecule has 30 heavy (non-hydrogen) atoms. The summed E-state index contributed by atoms with van der Waals surface area (Å²) in [7, 11) is 0. The largest absolute Gasteiger partial charge is 0.465 e. The van der Waals surface area contributed by atoms with E-state index in [1.165, 1.54) is 38.5 Å². The van der Waals surface area contributed by atoms with Crippen molar-refractivity contribution in [3.63, 3.8) is 0 Å². The van der Waals surface area contributed by atoms with Crippen LogP contribution in [-0.2, 0) is 14.3 Å². The van der Waals surface area contributed by atoms with Crippen molar-refractivity contribution in [3.8, 4) is 0 Å². The molecule has 0 aliphatic heterocycles. The Bertz CT molecular complexity index is 580. The molecule has 0 aliphatic rings. The van der Waals surface area contributed by atoms with Crippen molar-refractivity contribution in [3.05, 3.63) is 35.9 Å². The van der Waals surface area contributed by atoms with Crippen molar-refractivity contribution in [1.82, 2.24) is 0 Å². The lowest BCUT2D eigenvalue weighted by molar-refractivity contribution is -0.150. The van der Waals surface area contributed by atoms with Crippen molar-refractivity contribution < 1.29 is 24.2 Å². The molecule has 1 atom stereocenters. The van der Waals surface area contributed by atoms with Crippen molar-refractivity contribution in [1.29, 1.82) is 0 Å². The minimum atomic E-state index is -0.765. The lowest BCUT2D eigenvalue weighted by Crippen LogP contribution is -2.37. The number of benzene rings is 1. The number of carbonyl (C=O) groups excluding carboxylic acids is 2. The Hall–Kier alpha value is -1.88. The number of unbranched alkanes of at least 4 members (excludes halogenated alkanes) is 8. The van der Waals surface area contributed by atoms with E-state index in [9.17, 15) is 14.7 Å². The first-order chi connectivity index (χ1) is 14.6. The first kappa shape index (κ1) is 26.2. The van der Waals surface area contributed by atoms with Crippen LogP contribution in [0.25, 0.3) is 0 Å². The molecule has 170 valence electrons. The zero-order chi connectivity index (χ0) is 22.1.